The predicted molar refractivity (Wildman–Crippen MR) is 52.4 cm³/mol. The lowest BCUT2D eigenvalue weighted by molar-refractivity contribution is -0.137. The van der Waals surface area contributed by atoms with Crippen LogP contribution in [0.4, 0.5) is 0 Å². The highest BCUT2D eigenvalue weighted by atomic mass is 32.2. The average molecular weight is 191 g/mol. The van der Waals surface area contributed by atoms with Crippen molar-refractivity contribution in [1.82, 2.24) is 0 Å². The second kappa shape index (κ2) is 6.31. The van der Waals surface area contributed by atoms with E-state index in [1.807, 2.05) is 0 Å². The highest BCUT2D eigenvalue weighted by Crippen LogP contribution is 2.11. The molecular weight excluding hydrogens is 174 g/mol. The molecule has 3 nitrogen and oxygen atoms in total. The van der Waals surface area contributed by atoms with E-state index in [1.165, 1.54) is 0 Å². The van der Waals surface area contributed by atoms with Gasteiger partial charge < -0.3 is 10.8 Å². The van der Waals surface area contributed by atoms with Crippen LogP contribution in [0.3, 0.4) is 0 Å². The van der Waals surface area contributed by atoms with Gasteiger partial charge >= 0.3 is 5.97 Å². The van der Waals surface area contributed by atoms with Gasteiger partial charge in [-0.3, -0.25) is 4.79 Å². The van der Waals surface area contributed by atoms with Crippen molar-refractivity contribution in [2.24, 2.45) is 11.7 Å². The SMILES string of the molecule is CCC(C)CSC[C@H](N)C(=O)O. The summed E-state index contributed by atoms with van der Waals surface area (Å²) in [5, 5.41) is 8.47. The van der Waals surface area contributed by atoms with E-state index in [0.717, 1.165) is 12.2 Å². The standard InChI is InChI=1S/C8H17NO2S/c1-3-6(2)4-12-5-7(9)8(10)11/h6-7H,3-5,9H2,1-2H3,(H,10,11)/t6?,7-/m0/s1. The van der Waals surface area contributed by atoms with Gasteiger partial charge in [0.05, 0.1) is 0 Å². The Morgan fingerprint density at radius 2 is 2.17 bits per heavy atom. The summed E-state index contributed by atoms with van der Waals surface area (Å²) in [5.74, 6) is 1.25. The van der Waals surface area contributed by atoms with E-state index in [4.69, 9.17) is 10.8 Å². The molecule has 1 unspecified atom stereocenters. The zero-order valence-electron chi connectivity index (χ0n) is 7.62. The molecule has 72 valence electrons. The minimum atomic E-state index is -0.911. The number of rotatable bonds is 6. The first-order chi connectivity index (χ1) is 5.57. The fourth-order valence-electron chi connectivity index (χ4n) is 0.585. The molecule has 0 bridgehead atoms. The Morgan fingerprint density at radius 1 is 1.58 bits per heavy atom. The number of carboxylic acid groups (broad SMARTS) is 1. The Morgan fingerprint density at radius 3 is 2.58 bits per heavy atom. The zero-order valence-corrected chi connectivity index (χ0v) is 8.43. The molecule has 0 aromatic carbocycles. The van der Waals surface area contributed by atoms with Crippen molar-refractivity contribution in [3.63, 3.8) is 0 Å². The van der Waals surface area contributed by atoms with Gasteiger partial charge in [-0.15, -0.1) is 0 Å². The Hall–Kier alpha value is -0.220. The van der Waals surface area contributed by atoms with E-state index < -0.39 is 12.0 Å². The number of hydrogen-bond acceptors (Lipinski definition) is 3. The molecular formula is C8H17NO2S. The third kappa shape index (κ3) is 5.43. The summed E-state index contributed by atoms with van der Waals surface area (Å²) in [6, 6.07) is -0.709. The van der Waals surface area contributed by atoms with E-state index in [0.29, 0.717) is 11.7 Å². The molecule has 0 aliphatic rings. The highest BCUT2D eigenvalue weighted by molar-refractivity contribution is 7.99. The Bertz CT molecular complexity index is 141. The van der Waals surface area contributed by atoms with Gasteiger partial charge in [-0.05, 0) is 11.7 Å². The summed E-state index contributed by atoms with van der Waals surface area (Å²) in [6.45, 7) is 4.28. The van der Waals surface area contributed by atoms with E-state index in [9.17, 15) is 4.79 Å². The van der Waals surface area contributed by atoms with Crippen molar-refractivity contribution in [1.29, 1.82) is 0 Å². The second-order valence-electron chi connectivity index (χ2n) is 3.00. The maximum Gasteiger partial charge on any atom is 0.321 e. The normalized spacial score (nSPS) is 15.6. The van der Waals surface area contributed by atoms with E-state index in [1.54, 1.807) is 11.8 Å². The van der Waals surface area contributed by atoms with Crippen LogP contribution in [0.5, 0.6) is 0 Å². The lowest BCUT2D eigenvalue weighted by Gasteiger charge is -2.09. The van der Waals surface area contributed by atoms with Gasteiger partial charge in [0, 0.05) is 5.75 Å². The summed E-state index contributed by atoms with van der Waals surface area (Å²) in [7, 11) is 0. The molecule has 0 aromatic rings. The average Bonchev–Trinajstić information content (AvgIpc) is 2.03. The van der Waals surface area contributed by atoms with E-state index >= 15 is 0 Å². The Kier molecular flexibility index (Phi) is 6.20. The Labute approximate surface area is 77.7 Å². The van der Waals surface area contributed by atoms with Crippen molar-refractivity contribution < 1.29 is 9.90 Å². The van der Waals surface area contributed by atoms with Gasteiger partial charge in [0.15, 0.2) is 0 Å². The third-order valence-electron chi connectivity index (χ3n) is 1.71. The van der Waals surface area contributed by atoms with Crippen molar-refractivity contribution in [3.8, 4) is 0 Å². The van der Waals surface area contributed by atoms with Crippen molar-refractivity contribution >= 4 is 17.7 Å². The molecule has 0 saturated heterocycles. The lowest BCUT2D eigenvalue weighted by Crippen LogP contribution is -2.32. The largest absolute Gasteiger partial charge is 0.480 e. The first-order valence-corrected chi connectivity index (χ1v) is 5.29. The third-order valence-corrected chi connectivity index (χ3v) is 3.11. The molecule has 0 radical (unpaired) electrons. The quantitative estimate of drug-likeness (QED) is 0.661. The molecule has 0 aliphatic heterocycles. The van der Waals surface area contributed by atoms with Gasteiger partial charge in [0.1, 0.15) is 6.04 Å². The van der Waals surface area contributed by atoms with Crippen molar-refractivity contribution in [3.05, 3.63) is 0 Å². The van der Waals surface area contributed by atoms with E-state index in [-0.39, 0.29) is 0 Å². The van der Waals surface area contributed by atoms with E-state index in [2.05, 4.69) is 13.8 Å². The number of carboxylic acids is 1. The molecule has 0 fully saturated rings. The topological polar surface area (TPSA) is 63.3 Å². The van der Waals surface area contributed by atoms with Crippen LogP contribution in [-0.2, 0) is 4.79 Å². The van der Waals surface area contributed by atoms with Gasteiger partial charge in [0.25, 0.3) is 0 Å². The molecule has 0 aromatic heterocycles. The molecule has 2 atom stereocenters. The van der Waals surface area contributed by atoms with Gasteiger partial charge in [-0.2, -0.15) is 11.8 Å². The summed E-state index contributed by atoms with van der Waals surface area (Å²) in [4.78, 5) is 10.3. The van der Waals surface area contributed by atoms with Crippen LogP contribution in [0.15, 0.2) is 0 Å². The highest BCUT2D eigenvalue weighted by Gasteiger charge is 2.11. The van der Waals surface area contributed by atoms with Crippen LogP contribution in [0.2, 0.25) is 0 Å². The summed E-state index contributed by atoms with van der Waals surface area (Å²) in [6.07, 6.45) is 1.13. The van der Waals surface area contributed by atoms with Crippen LogP contribution >= 0.6 is 11.8 Å². The van der Waals surface area contributed by atoms with Gasteiger partial charge in [-0.1, -0.05) is 20.3 Å². The lowest BCUT2D eigenvalue weighted by atomic mass is 10.2. The number of nitrogens with two attached hydrogens (primary N) is 1. The number of aliphatic carboxylic acids is 1. The number of hydrogen-bond donors (Lipinski definition) is 2. The van der Waals surface area contributed by atoms with Crippen LogP contribution in [0, 0.1) is 5.92 Å². The zero-order chi connectivity index (χ0) is 9.56. The molecule has 0 amide bonds. The fourth-order valence-corrected chi connectivity index (χ4v) is 1.76. The van der Waals surface area contributed by atoms with Crippen LogP contribution in [0.1, 0.15) is 20.3 Å². The molecule has 12 heavy (non-hydrogen) atoms. The molecule has 0 heterocycles. The first kappa shape index (κ1) is 11.8. The summed E-state index contributed by atoms with van der Waals surface area (Å²) < 4.78 is 0. The first-order valence-electron chi connectivity index (χ1n) is 4.14. The van der Waals surface area contributed by atoms with Crippen LogP contribution < -0.4 is 5.73 Å². The maximum absolute atomic E-state index is 10.3. The molecule has 0 saturated carbocycles. The minimum Gasteiger partial charge on any atom is -0.480 e. The maximum atomic E-state index is 10.3. The molecule has 0 rings (SSSR count). The molecule has 3 N–H and O–H groups in total. The fraction of sp³-hybridized carbons (Fsp3) is 0.875. The molecule has 0 aliphatic carbocycles. The van der Waals surface area contributed by atoms with Crippen molar-refractivity contribution in [2.45, 2.75) is 26.3 Å². The Balaban J connectivity index is 3.37. The van der Waals surface area contributed by atoms with Crippen LogP contribution in [0.25, 0.3) is 0 Å². The molecule has 4 heteroatoms. The summed E-state index contributed by atoms with van der Waals surface area (Å²) >= 11 is 1.62. The minimum absolute atomic E-state index is 0.514. The predicted octanol–water partition coefficient (Wildman–Crippen LogP) is 1.18. The number of thioether (sulfide) groups is 1. The molecule has 0 spiro atoms. The second-order valence-corrected chi connectivity index (χ2v) is 4.07. The monoisotopic (exact) mass is 191 g/mol. The van der Waals surface area contributed by atoms with Crippen LogP contribution in [-0.4, -0.2) is 28.6 Å². The smallest absolute Gasteiger partial charge is 0.321 e. The van der Waals surface area contributed by atoms with Gasteiger partial charge in [0.2, 0.25) is 0 Å². The number of carbonyl (C=O) groups is 1. The van der Waals surface area contributed by atoms with Crippen molar-refractivity contribution in [2.75, 3.05) is 11.5 Å². The van der Waals surface area contributed by atoms with Gasteiger partial charge in [-0.25, -0.2) is 0 Å². The summed E-state index contributed by atoms with van der Waals surface area (Å²) in [5.41, 5.74) is 5.32.